The van der Waals surface area contributed by atoms with Gasteiger partial charge in [-0.15, -0.1) is 0 Å². The molecular formula is C56H66N4O6. The molecule has 1 spiro atoms. The van der Waals surface area contributed by atoms with Gasteiger partial charge >= 0.3 is 11.9 Å². The van der Waals surface area contributed by atoms with Crippen molar-refractivity contribution in [1.82, 2.24) is 9.80 Å². The standard InChI is InChI=1S/C56H66N4O6/c1-32(2)43(29-51(61)65-5)54(63)59-23-9-10-48(59)46-26-39(31-57-46)34-11-13-35(14-12-34)40-16-17-41(53-42(40)19-22-56(53)20-7-8-21-56)36-15-18-45-37(24-36)25-47(58-45)50-28-38-27-49(38)60(50)55(64)44(33(3)4)30-52(62)66-6/h11-18,24,31-33,38,43-44,48-50H,7-10,19-23,25-30H2,1-6H3/t38?,43-,44-,48-,49?,50-/m0/s1. The van der Waals surface area contributed by atoms with E-state index in [2.05, 4.69) is 59.5 Å². The molecule has 0 aromatic heterocycles. The molecular weight excluding hydrogens is 825 g/mol. The quantitative estimate of drug-likeness (QED) is 0.158. The summed E-state index contributed by atoms with van der Waals surface area (Å²) in [6.07, 6.45) is 14.8. The number of likely N-dealkylation sites (tertiary alicyclic amines) is 2. The van der Waals surface area contributed by atoms with E-state index >= 15 is 0 Å². The van der Waals surface area contributed by atoms with Gasteiger partial charge in [-0.05, 0) is 137 Å². The van der Waals surface area contributed by atoms with Crippen LogP contribution in [0, 0.1) is 29.6 Å². The Morgan fingerprint density at radius 1 is 0.727 bits per heavy atom. The number of fused-ring (bicyclic) bond motifs is 4. The number of methoxy groups -OCH3 is 2. The van der Waals surface area contributed by atoms with Gasteiger partial charge in [0.25, 0.3) is 0 Å². The number of benzene rings is 3. The number of hydrogen-bond donors (Lipinski definition) is 0. The van der Waals surface area contributed by atoms with E-state index in [1.807, 2.05) is 38.8 Å². The highest BCUT2D eigenvalue weighted by atomic mass is 16.5. The van der Waals surface area contributed by atoms with Crippen LogP contribution in [0.5, 0.6) is 0 Å². The topological polar surface area (TPSA) is 118 Å². The molecule has 0 N–H and O–H groups in total. The van der Waals surface area contributed by atoms with E-state index in [0.29, 0.717) is 18.9 Å². The molecule has 2 saturated carbocycles. The van der Waals surface area contributed by atoms with Gasteiger partial charge in [-0.2, -0.15) is 0 Å². The largest absolute Gasteiger partial charge is 0.469 e. The Bertz CT molecular complexity index is 2550. The Morgan fingerprint density at radius 3 is 2.09 bits per heavy atom. The third-order valence-electron chi connectivity index (χ3n) is 16.7. The van der Waals surface area contributed by atoms with E-state index in [-0.39, 0.29) is 72.0 Å². The van der Waals surface area contributed by atoms with E-state index in [9.17, 15) is 19.2 Å². The number of amides is 2. The fraction of sp³-hybridized carbons (Fsp3) is 0.536. The monoisotopic (exact) mass is 890 g/mol. The van der Waals surface area contributed by atoms with Gasteiger partial charge in [0.15, 0.2) is 0 Å². The number of carbonyl (C=O) groups excluding carboxylic acids is 4. The number of aliphatic imine (C=N–C) groups is 2. The molecule has 4 fully saturated rings. The van der Waals surface area contributed by atoms with Crippen molar-refractivity contribution >= 4 is 46.4 Å². The third kappa shape index (κ3) is 7.93. The maximum atomic E-state index is 14.2. The SMILES string of the molecule is COC(=O)C[C@H](C(=O)N1CCC[C@H]1C1=NC=C(c2ccc(-c3ccc(-c4ccc5c(c4)CC([C@@H]4CC6CC6N4C(=O)[C@@H](CC(=O)OC)C(C)C)=N5)c4c3CCC43CCCC3)cc2)C1)C(C)C. The summed E-state index contributed by atoms with van der Waals surface area (Å²) < 4.78 is 9.93. The lowest BCUT2D eigenvalue weighted by Gasteiger charge is -2.32. The maximum absolute atomic E-state index is 14.2. The molecule has 3 aromatic rings. The third-order valence-corrected chi connectivity index (χ3v) is 16.7. The van der Waals surface area contributed by atoms with Crippen LogP contribution in [0.2, 0.25) is 0 Å². The zero-order valence-corrected chi connectivity index (χ0v) is 39.7. The average molecular weight is 891 g/mol. The van der Waals surface area contributed by atoms with Gasteiger partial charge in [-0.25, -0.2) is 0 Å². The number of piperidine rings is 1. The number of ether oxygens (including phenoxy) is 2. The van der Waals surface area contributed by atoms with Gasteiger partial charge < -0.3 is 19.3 Å². The lowest BCUT2D eigenvalue weighted by Crippen LogP contribution is -2.47. The highest BCUT2D eigenvalue weighted by Crippen LogP contribution is 2.56. The fourth-order valence-corrected chi connectivity index (χ4v) is 12.9. The lowest BCUT2D eigenvalue weighted by molar-refractivity contribution is -0.148. The van der Waals surface area contributed by atoms with Crippen LogP contribution in [0.4, 0.5) is 5.69 Å². The Kier molecular flexibility index (Phi) is 11.9. The van der Waals surface area contributed by atoms with Crippen LogP contribution in [-0.2, 0) is 46.9 Å². The number of allylic oxidation sites excluding steroid dienone is 1. The first-order valence-electron chi connectivity index (χ1n) is 24.9. The second-order valence-corrected chi connectivity index (χ2v) is 21.2. The van der Waals surface area contributed by atoms with Gasteiger partial charge in [0, 0.05) is 43.1 Å². The van der Waals surface area contributed by atoms with Crippen LogP contribution in [-0.4, -0.2) is 83.9 Å². The number of esters is 2. The van der Waals surface area contributed by atoms with Crippen molar-refractivity contribution in [1.29, 1.82) is 0 Å². The predicted molar refractivity (Wildman–Crippen MR) is 258 cm³/mol. The number of carbonyl (C=O) groups is 4. The Morgan fingerprint density at radius 2 is 1.39 bits per heavy atom. The molecule has 0 bridgehead atoms. The van der Waals surface area contributed by atoms with Crippen LogP contribution in [0.1, 0.15) is 127 Å². The molecule has 66 heavy (non-hydrogen) atoms. The summed E-state index contributed by atoms with van der Waals surface area (Å²) in [5, 5.41) is 0. The predicted octanol–water partition coefficient (Wildman–Crippen LogP) is 10.2. The summed E-state index contributed by atoms with van der Waals surface area (Å²) in [5.41, 5.74) is 15.1. The first kappa shape index (κ1) is 44.5. The second-order valence-electron chi connectivity index (χ2n) is 21.2. The van der Waals surface area contributed by atoms with E-state index < -0.39 is 11.8 Å². The van der Waals surface area contributed by atoms with Crippen LogP contribution >= 0.6 is 0 Å². The average Bonchev–Trinajstić information content (AvgIpc) is 4.07. The molecule has 6 atom stereocenters. The molecule has 2 saturated heterocycles. The molecule has 3 aromatic carbocycles. The second kappa shape index (κ2) is 17.7. The van der Waals surface area contributed by atoms with E-state index in [4.69, 9.17) is 19.5 Å². The molecule has 0 radical (unpaired) electrons. The van der Waals surface area contributed by atoms with Crippen molar-refractivity contribution in [2.75, 3.05) is 20.8 Å². The van der Waals surface area contributed by atoms with Crippen molar-refractivity contribution < 1.29 is 28.7 Å². The van der Waals surface area contributed by atoms with Crippen LogP contribution in [0.25, 0.3) is 27.8 Å². The van der Waals surface area contributed by atoms with Crippen LogP contribution in [0.15, 0.2) is 70.8 Å². The zero-order chi connectivity index (χ0) is 46.0. The van der Waals surface area contributed by atoms with Crippen molar-refractivity contribution in [2.24, 2.45) is 39.6 Å². The number of hydrogen-bond acceptors (Lipinski definition) is 8. The first-order chi connectivity index (χ1) is 31.9. The van der Waals surface area contributed by atoms with Gasteiger partial charge in [0.05, 0.1) is 56.7 Å². The van der Waals surface area contributed by atoms with Crippen molar-refractivity contribution in [2.45, 2.75) is 141 Å². The Labute approximate surface area is 390 Å². The highest BCUT2D eigenvalue weighted by Gasteiger charge is 2.56. The number of nitrogens with zero attached hydrogens (tertiary/aromatic N) is 4. The van der Waals surface area contributed by atoms with E-state index in [0.717, 1.165) is 61.2 Å². The summed E-state index contributed by atoms with van der Waals surface area (Å²) in [4.78, 5) is 66.8. The smallest absolute Gasteiger partial charge is 0.306 e. The van der Waals surface area contributed by atoms with E-state index in [1.54, 1.807) is 5.56 Å². The molecule has 3 aliphatic carbocycles. The van der Waals surface area contributed by atoms with Gasteiger partial charge in [-0.1, -0.05) is 83.0 Å². The summed E-state index contributed by atoms with van der Waals surface area (Å²) in [5.74, 6) is -0.785. The van der Waals surface area contributed by atoms with E-state index in [1.165, 1.54) is 85.3 Å². The molecule has 10 rings (SSSR count). The zero-order valence-electron chi connectivity index (χ0n) is 39.7. The summed E-state index contributed by atoms with van der Waals surface area (Å²) in [7, 11) is 2.77. The molecule has 10 nitrogen and oxygen atoms in total. The van der Waals surface area contributed by atoms with Crippen molar-refractivity contribution in [3.8, 4) is 22.3 Å². The number of rotatable bonds is 13. The summed E-state index contributed by atoms with van der Waals surface area (Å²) >= 11 is 0. The normalized spacial score (nSPS) is 24.3. The summed E-state index contributed by atoms with van der Waals surface area (Å²) in [6, 6.07) is 20.8. The fourth-order valence-electron chi connectivity index (χ4n) is 12.9. The molecule has 2 unspecified atom stereocenters. The minimum atomic E-state index is -0.404. The highest BCUT2D eigenvalue weighted by molar-refractivity contribution is 6.04. The molecule has 346 valence electrons. The molecule has 10 heteroatoms. The maximum Gasteiger partial charge on any atom is 0.306 e. The Balaban J connectivity index is 0.864. The first-order valence-corrected chi connectivity index (χ1v) is 24.9. The van der Waals surface area contributed by atoms with Gasteiger partial charge in [0.1, 0.15) is 0 Å². The molecule has 7 aliphatic rings. The minimum Gasteiger partial charge on any atom is -0.469 e. The molecule has 2 amide bonds. The minimum absolute atomic E-state index is 0.0244. The summed E-state index contributed by atoms with van der Waals surface area (Å²) in [6.45, 7) is 8.74. The lowest BCUT2D eigenvalue weighted by atomic mass is 9.76. The van der Waals surface area contributed by atoms with Gasteiger partial charge in [-0.3, -0.25) is 29.2 Å². The van der Waals surface area contributed by atoms with Crippen molar-refractivity contribution in [3.63, 3.8) is 0 Å². The molecule has 4 heterocycles. The van der Waals surface area contributed by atoms with Crippen LogP contribution < -0.4 is 0 Å². The van der Waals surface area contributed by atoms with Crippen molar-refractivity contribution in [3.05, 3.63) is 83.1 Å². The Hall–Kier alpha value is -5.38. The van der Waals surface area contributed by atoms with Gasteiger partial charge in [0.2, 0.25) is 11.8 Å². The molecule has 4 aliphatic heterocycles. The van der Waals surface area contributed by atoms with Crippen LogP contribution in [0.3, 0.4) is 0 Å².